The lowest BCUT2D eigenvalue weighted by Gasteiger charge is -2.11. The molecule has 0 saturated heterocycles. The van der Waals surface area contributed by atoms with E-state index >= 15 is 0 Å². The summed E-state index contributed by atoms with van der Waals surface area (Å²) in [6, 6.07) is 0.577. The fourth-order valence-electron chi connectivity index (χ4n) is 1.37. The SMILES string of the molecule is C#CCC(NC(=O)CCNC(=O)c1ccsc1)C(=O)O. The Balaban J connectivity index is 2.31. The summed E-state index contributed by atoms with van der Waals surface area (Å²) in [5.74, 6) is 0.261. The Labute approximate surface area is 120 Å². The second kappa shape index (κ2) is 7.96. The highest BCUT2D eigenvalue weighted by molar-refractivity contribution is 7.08. The van der Waals surface area contributed by atoms with E-state index in [1.807, 2.05) is 0 Å². The average molecular weight is 294 g/mol. The highest BCUT2D eigenvalue weighted by Crippen LogP contribution is 2.05. The molecule has 0 radical (unpaired) electrons. The topological polar surface area (TPSA) is 95.5 Å². The number of nitrogens with one attached hydrogen (secondary N) is 2. The van der Waals surface area contributed by atoms with Crippen LogP contribution in [-0.2, 0) is 9.59 Å². The Morgan fingerprint density at radius 2 is 2.20 bits per heavy atom. The monoisotopic (exact) mass is 294 g/mol. The summed E-state index contributed by atoms with van der Waals surface area (Å²) >= 11 is 1.40. The molecular formula is C13H14N2O4S. The number of hydrogen-bond donors (Lipinski definition) is 3. The van der Waals surface area contributed by atoms with Crippen LogP contribution in [0.15, 0.2) is 16.8 Å². The molecule has 0 aliphatic rings. The van der Waals surface area contributed by atoms with Crippen molar-refractivity contribution in [2.75, 3.05) is 6.54 Å². The van der Waals surface area contributed by atoms with Gasteiger partial charge < -0.3 is 15.7 Å². The number of amides is 2. The van der Waals surface area contributed by atoms with E-state index in [0.29, 0.717) is 5.56 Å². The van der Waals surface area contributed by atoms with Crippen LogP contribution in [0.1, 0.15) is 23.2 Å². The number of hydrogen-bond acceptors (Lipinski definition) is 4. The zero-order valence-corrected chi connectivity index (χ0v) is 11.4. The molecule has 6 nitrogen and oxygen atoms in total. The lowest BCUT2D eigenvalue weighted by atomic mass is 10.2. The minimum atomic E-state index is -1.18. The highest BCUT2D eigenvalue weighted by atomic mass is 32.1. The molecule has 1 atom stereocenters. The Morgan fingerprint density at radius 1 is 1.45 bits per heavy atom. The fraction of sp³-hybridized carbons (Fsp3) is 0.308. The summed E-state index contributed by atoms with van der Waals surface area (Å²) in [4.78, 5) is 33.9. The average Bonchev–Trinajstić information content (AvgIpc) is 2.91. The molecule has 1 aromatic heterocycles. The molecule has 1 unspecified atom stereocenters. The van der Waals surface area contributed by atoms with Crippen molar-refractivity contribution in [3.05, 3.63) is 22.4 Å². The third-order valence-corrected chi connectivity index (χ3v) is 3.06. The minimum absolute atomic E-state index is 0.00969. The molecule has 0 bridgehead atoms. The lowest BCUT2D eigenvalue weighted by Crippen LogP contribution is -2.41. The molecule has 3 N–H and O–H groups in total. The van der Waals surface area contributed by atoms with Crippen molar-refractivity contribution < 1.29 is 19.5 Å². The predicted molar refractivity (Wildman–Crippen MR) is 74.3 cm³/mol. The first-order chi connectivity index (χ1) is 9.54. The summed E-state index contributed by atoms with van der Waals surface area (Å²) in [6.45, 7) is 0.128. The predicted octanol–water partition coefficient (Wildman–Crippen LogP) is 0.461. The second-order valence-corrected chi connectivity index (χ2v) is 4.66. The summed E-state index contributed by atoms with van der Waals surface area (Å²) in [5, 5.41) is 17.2. The summed E-state index contributed by atoms with van der Waals surface area (Å²) < 4.78 is 0. The van der Waals surface area contributed by atoms with Gasteiger partial charge in [-0.3, -0.25) is 9.59 Å². The van der Waals surface area contributed by atoms with Gasteiger partial charge in [0, 0.05) is 30.3 Å². The number of terminal acetylenes is 1. The van der Waals surface area contributed by atoms with Crippen LogP contribution in [-0.4, -0.2) is 35.5 Å². The summed E-state index contributed by atoms with van der Waals surface area (Å²) in [7, 11) is 0. The zero-order valence-electron chi connectivity index (χ0n) is 10.6. The molecule has 0 aromatic carbocycles. The van der Waals surface area contributed by atoms with Crippen LogP contribution < -0.4 is 10.6 Å². The molecule has 0 aliphatic carbocycles. The minimum Gasteiger partial charge on any atom is -0.480 e. The third kappa shape index (κ3) is 5.12. The van der Waals surface area contributed by atoms with E-state index in [0.717, 1.165) is 0 Å². The maximum atomic E-state index is 11.6. The van der Waals surface area contributed by atoms with Crippen LogP contribution in [0, 0.1) is 12.3 Å². The zero-order chi connectivity index (χ0) is 15.0. The lowest BCUT2D eigenvalue weighted by molar-refractivity contribution is -0.141. The van der Waals surface area contributed by atoms with E-state index < -0.39 is 17.9 Å². The first-order valence-corrected chi connectivity index (χ1v) is 6.75. The van der Waals surface area contributed by atoms with Gasteiger partial charge in [0.25, 0.3) is 5.91 Å². The van der Waals surface area contributed by atoms with Crippen molar-refractivity contribution in [1.82, 2.24) is 10.6 Å². The van der Waals surface area contributed by atoms with Gasteiger partial charge in [-0.1, -0.05) is 0 Å². The van der Waals surface area contributed by atoms with Gasteiger partial charge in [-0.25, -0.2) is 4.79 Å². The molecule has 0 spiro atoms. The van der Waals surface area contributed by atoms with Gasteiger partial charge in [-0.05, 0) is 11.4 Å². The quantitative estimate of drug-likeness (QED) is 0.637. The van der Waals surface area contributed by atoms with E-state index in [1.165, 1.54) is 11.3 Å². The van der Waals surface area contributed by atoms with Gasteiger partial charge in [0.15, 0.2) is 0 Å². The Hall–Kier alpha value is -2.33. The van der Waals surface area contributed by atoms with Gasteiger partial charge >= 0.3 is 5.97 Å². The Kier molecular flexibility index (Phi) is 6.26. The van der Waals surface area contributed by atoms with Gasteiger partial charge in [-0.15, -0.1) is 12.3 Å². The first kappa shape index (κ1) is 15.7. The van der Waals surface area contributed by atoms with E-state index in [-0.39, 0.29) is 25.3 Å². The molecule has 0 saturated carbocycles. The van der Waals surface area contributed by atoms with Gasteiger partial charge in [-0.2, -0.15) is 11.3 Å². The molecule has 7 heteroatoms. The molecule has 1 heterocycles. The van der Waals surface area contributed by atoms with Crippen LogP contribution in [0.25, 0.3) is 0 Å². The van der Waals surface area contributed by atoms with Gasteiger partial charge in [0.1, 0.15) is 6.04 Å². The molecule has 0 fully saturated rings. The van der Waals surface area contributed by atoms with Crippen LogP contribution in [0.2, 0.25) is 0 Å². The molecule has 20 heavy (non-hydrogen) atoms. The van der Waals surface area contributed by atoms with Crippen LogP contribution in [0.3, 0.4) is 0 Å². The Morgan fingerprint density at radius 3 is 2.75 bits per heavy atom. The van der Waals surface area contributed by atoms with Gasteiger partial charge in [0.05, 0.1) is 0 Å². The van der Waals surface area contributed by atoms with Crippen molar-refractivity contribution in [2.45, 2.75) is 18.9 Å². The largest absolute Gasteiger partial charge is 0.480 e. The molecule has 2 amide bonds. The van der Waals surface area contributed by atoms with Gasteiger partial charge in [0.2, 0.25) is 5.91 Å². The van der Waals surface area contributed by atoms with E-state index in [9.17, 15) is 14.4 Å². The standard InChI is InChI=1S/C13H14N2O4S/c1-2-3-10(13(18)19)15-11(16)4-6-14-12(17)9-5-7-20-8-9/h1,5,7-8,10H,3-4,6H2,(H,14,17)(H,15,16)(H,18,19). The van der Waals surface area contributed by atoms with Crippen molar-refractivity contribution in [1.29, 1.82) is 0 Å². The van der Waals surface area contributed by atoms with Crippen molar-refractivity contribution in [3.8, 4) is 12.3 Å². The van der Waals surface area contributed by atoms with Crippen molar-refractivity contribution >= 4 is 29.1 Å². The second-order valence-electron chi connectivity index (χ2n) is 3.88. The van der Waals surface area contributed by atoms with Crippen LogP contribution in [0.4, 0.5) is 0 Å². The fourth-order valence-corrected chi connectivity index (χ4v) is 2.01. The highest BCUT2D eigenvalue weighted by Gasteiger charge is 2.18. The number of carbonyl (C=O) groups is 3. The number of carboxylic acids is 1. The summed E-state index contributed by atoms with van der Waals surface area (Å²) in [6.07, 6.45) is 4.93. The normalized spacial score (nSPS) is 11.2. The molecule has 0 aliphatic heterocycles. The molecule has 1 aromatic rings. The number of carbonyl (C=O) groups excluding carboxylic acids is 2. The number of carboxylic acid groups (broad SMARTS) is 1. The maximum absolute atomic E-state index is 11.6. The van der Waals surface area contributed by atoms with E-state index in [2.05, 4.69) is 16.6 Å². The van der Waals surface area contributed by atoms with Crippen LogP contribution >= 0.6 is 11.3 Å². The van der Waals surface area contributed by atoms with Crippen LogP contribution in [0.5, 0.6) is 0 Å². The number of rotatable bonds is 7. The molecule has 106 valence electrons. The third-order valence-electron chi connectivity index (χ3n) is 2.38. The Bertz CT molecular complexity index is 519. The molecular weight excluding hydrogens is 280 g/mol. The first-order valence-electron chi connectivity index (χ1n) is 5.80. The number of aliphatic carboxylic acids is 1. The van der Waals surface area contributed by atoms with E-state index in [4.69, 9.17) is 11.5 Å². The smallest absolute Gasteiger partial charge is 0.327 e. The maximum Gasteiger partial charge on any atom is 0.327 e. The van der Waals surface area contributed by atoms with E-state index in [1.54, 1.807) is 16.8 Å². The van der Waals surface area contributed by atoms with Crippen molar-refractivity contribution in [2.24, 2.45) is 0 Å². The van der Waals surface area contributed by atoms with Crippen molar-refractivity contribution in [3.63, 3.8) is 0 Å². The molecule has 1 rings (SSSR count). The number of thiophene rings is 1. The summed E-state index contributed by atoms with van der Waals surface area (Å²) in [5.41, 5.74) is 0.533.